The van der Waals surface area contributed by atoms with Crippen LogP contribution in [0.4, 0.5) is 51.1 Å². The van der Waals surface area contributed by atoms with Crippen LogP contribution in [0.1, 0.15) is 41.1 Å². The second-order valence-electron chi connectivity index (χ2n) is 15.2. The Kier molecular flexibility index (Phi) is 10.8. The zero-order chi connectivity index (χ0) is 46.6. The number of ether oxygens (including phenoxy) is 1. The Balaban J connectivity index is 1.31. The number of phenolic OH excluding ortho intramolecular Hbond substituents is 1. The van der Waals surface area contributed by atoms with Crippen molar-refractivity contribution in [3.8, 4) is 11.5 Å². The SMILES string of the molecule is CN(c1nc(C(F)(F)F)ccc1Cl)N1C(=O)C2CC=C3C(CC4C(=O)N(Nc5ncc(C(F)(F)F)cc5Cl)C(=O)C4(c4ccc(Cl)cc4)C3c3cc(OC(F)(F)F)ccc3O)C2C1=O. The predicted octanol–water partition coefficient (Wildman–Crippen LogP) is 9.11. The van der Waals surface area contributed by atoms with Gasteiger partial charge < -0.3 is 9.84 Å². The monoisotopic (exact) mass is 962 g/mol. The molecule has 4 aromatic rings. The van der Waals surface area contributed by atoms with Gasteiger partial charge in [-0.1, -0.05) is 58.6 Å². The van der Waals surface area contributed by atoms with E-state index in [2.05, 4.69) is 20.1 Å². The summed E-state index contributed by atoms with van der Waals surface area (Å²) in [6.45, 7) is 0. The maximum absolute atomic E-state index is 15.4. The summed E-state index contributed by atoms with van der Waals surface area (Å²) in [4.78, 5) is 66.3. The molecule has 2 aromatic heterocycles. The summed E-state index contributed by atoms with van der Waals surface area (Å²) in [6.07, 6.45) is -14.1. The summed E-state index contributed by atoms with van der Waals surface area (Å²) in [5, 5.41) is 12.3. The topological polar surface area (TPSA) is 145 Å². The lowest BCUT2D eigenvalue weighted by atomic mass is 9.49. The zero-order valence-electron chi connectivity index (χ0n) is 32.0. The summed E-state index contributed by atoms with van der Waals surface area (Å²) in [5.41, 5.74) is -2.91. The maximum Gasteiger partial charge on any atom is 0.573 e. The van der Waals surface area contributed by atoms with Crippen LogP contribution >= 0.6 is 34.8 Å². The number of amides is 4. The standard InChI is InChI=1S/C40H26Cl3F9N6O6/c1-56(32-25(42)9-11-28(54-32)39(47,48)49)58-33(60)21-8-7-20-22(29(21)35(58)62)14-24-34(61)57(55-31-26(43)12-17(15-53-31)38(44,45)46)36(63)37(24,16-2-4-18(41)5-3-16)30(20)23-13-19(6-10-27(23)59)64-40(50,51)52/h2-7,9-13,15,21-22,24,29-30,59H,8,14H2,1H3,(H,53,55). The first-order valence-corrected chi connectivity index (χ1v) is 19.8. The number of aromatic nitrogens is 2. The van der Waals surface area contributed by atoms with E-state index in [1.807, 2.05) is 0 Å². The van der Waals surface area contributed by atoms with E-state index in [1.54, 1.807) is 0 Å². The number of rotatable bonds is 7. The Morgan fingerprint density at radius 2 is 1.53 bits per heavy atom. The van der Waals surface area contributed by atoms with Crippen molar-refractivity contribution in [3.05, 3.63) is 116 Å². The van der Waals surface area contributed by atoms with E-state index in [0.717, 1.165) is 36.3 Å². The molecule has 2 saturated heterocycles. The molecule has 3 fully saturated rings. The smallest absolute Gasteiger partial charge is 0.508 e. The number of anilines is 2. The molecule has 2 aromatic carbocycles. The van der Waals surface area contributed by atoms with Gasteiger partial charge in [-0.15, -0.1) is 13.2 Å². The highest BCUT2D eigenvalue weighted by Gasteiger charge is 2.71. The first-order chi connectivity index (χ1) is 29.8. The highest BCUT2D eigenvalue weighted by Crippen LogP contribution is 2.65. The van der Waals surface area contributed by atoms with Crippen molar-refractivity contribution in [1.82, 2.24) is 20.0 Å². The van der Waals surface area contributed by atoms with Crippen molar-refractivity contribution >= 4 is 70.1 Å². The zero-order valence-corrected chi connectivity index (χ0v) is 34.3. The third-order valence-corrected chi connectivity index (χ3v) is 12.6. The molecule has 6 unspecified atom stereocenters. The second kappa shape index (κ2) is 15.4. The minimum absolute atomic E-state index is 0.00416. The highest BCUT2D eigenvalue weighted by atomic mass is 35.5. The van der Waals surface area contributed by atoms with E-state index >= 15 is 4.79 Å². The van der Waals surface area contributed by atoms with Gasteiger partial charge in [0.2, 0.25) is 0 Å². The number of carbonyl (C=O) groups is 4. The number of hydrogen-bond donors (Lipinski definition) is 2. The van der Waals surface area contributed by atoms with E-state index in [4.69, 9.17) is 34.8 Å². The average molecular weight is 964 g/mol. The third kappa shape index (κ3) is 7.30. The Labute approximate surface area is 369 Å². The molecule has 8 rings (SSSR count). The summed E-state index contributed by atoms with van der Waals surface area (Å²) < 4.78 is 127. The number of nitrogens with zero attached hydrogens (tertiary/aromatic N) is 5. The van der Waals surface area contributed by atoms with Gasteiger partial charge in [0.05, 0.1) is 38.8 Å². The molecule has 2 aliphatic carbocycles. The van der Waals surface area contributed by atoms with Crippen molar-refractivity contribution in [2.75, 3.05) is 17.5 Å². The van der Waals surface area contributed by atoms with Gasteiger partial charge in [0.25, 0.3) is 23.6 Å². The van der Waals surface area contributed by atoms with Gasteiger partial charge in [0.15, 0.2) is 11.6 Å². The fourth-order valence-corrected chi connectivity index (χ4v) is 9.84. The number of alkyl halides is 9. The first-order valence-electron chi connectivity index (χ1n) is 18.6. The van der Waals surface area contributed by atoms with Crippen LogP contribution in [0.15, 0.2) is 78.5 Å². The number of aromatic hydroxyl groups is 1. The second-order valence-corrected chi connectivity index (χ2v) is 16.4. The van der Waals surface area contributed by atoms with Gasteiger partial charge in [-0.05, 0) is 72.9 Å². The molecule has 1 saturated carbocycles. The number of hydrogen-bond acceptors (Lipinski definition) is 10. The van der Waals surface area contributed by atoms with E-state index in [9.17, 15) is 59.0 Å². The molecule has 2 N–H and O–H groups in total. The first kappa shape index (κ1) is 44.8. The largest absolute Gasteiger partial charge is 0.573 e. The van der Waals surface area contributed by atoms with E-state index < -0.39 is 129 Å². The van der Waals surface area contributed by atoms with Gasteiger partial charge in [-0.3, -0.25) is 29.6 Å². The molecule has 4 heterocycles. The highest BCUT2D eigenvalue weighted by molar-refractivity contribution is 6.33. The summed E-state index contributed by atoms with van der Waals surface area (Å²) in [6, 6.07) is 9.67. The molecule has 2 aliphatic heterocycles. The fraction of sp³-hybridized carbons (Fsp3) is 0.300. The number of benzene rings is 2. The number of hydrazine groups is 2. The van der Waals surface area contributed by atoms with Crippen molar-refractivity contribution in [2.45, 2.75) is 42.9 Å². The van der Waals surface area contributed by atoms with Crippen LogP contribution in [0.2, 0.25) is 15.1 Å². The van der Waals surface area contributed by atoms with E-state index in [-0.39, 0.29) is 27.6 Å². The van der Waals surface area contributed by atoms with Crippen molar-refractivity contribution in [2.24, 2.45) is 23.7 Å². The Morgan fingerprint density at radius 1 is 0.844 bits per heavy atom. The fourth-order valence-electron chi connectivity index (χ4n) is 9.28. The van der Waals surface area contributed by atoms with E-state index in [1.165, 1.54) is 30.3 Å². The van der Waals surface area contributed by atoms with Crippen LogP contribution < -0.4 is 15.2 Å². The molecule has 336 valence electrons. The molecular weight excluding hydrogens is 938 g/mol. The van der Waals surface area contributed by atoms with Gasteiger partial charge in [0, 0.05) is 29.7 Å². The Hall–Kier alpha value is -5.80. The molecule has 24 heteroatoms. The lowest BCUT2D eigenvalue weighted by Gasteiger charge is -2.50. The van der Waals surface area contributed by atoms with Crippen LogP contribution in [0, 0.1) is 23.7 Å². The number of halogens is 12. The maximum atomic E-state index is 15.4. The molecular formula is C40H26Cl3F9N6O6. The predicted molar refractivity (Wildman–Crippen MR) is 206 cm³/mol. The van der Waals surface area contributed by atoms with Gasteiger partial charge in [0.1, 0.15) is 17.2 Å². The summed E-state index contributed by atoms with van der Waals surface area (Å²) in [7, 11) is 1.07. The number of allylic oxidation sites excluding steroid dienone is 2. The van der Waals surface area contributed by atoms with Crippen LogP contribution in [0.5, 0.6) is 11.5 Å². The molecule has 4 aliphatic rings. The summed E-state index contributed by atoms with van der Waals surface area (Å²) >= 11 is 18.6. The van der Waals surface area contributed by atoms with Gasteiger partial charge in [-0.25, -0.2) is 9.97 Å². The molecule has 64 heavy (non-hydrogen) atoms. The molecule has 0 radical (unpaired) electrons. The summed E-state index contributed by atoms with van der Waals surface area (Å²) in [5.74, 6) is -14.3. The van der Waals surface area contributed by atoms with Crippen molar-refractivity contribution < 1.29 is 68.5 Å². The van der Waals surface area contributed by atoms with Gasteiger partial charge >= 0.3 is 18.7 Å². The average Bonchev–Trinajstić information content (AvgIpc) is 3.58. The molecule has 0 spiro atoms. The van der Waals surface area contributed by atoms with Crippen LogP contribution in [0.3, 0.4) is 0 Å². The lowest BCUT2D eigenvalue weighted by Crippen LogP contribution is -2.53. The molecule has 0 bridgehead atoms. The molecule has 6 atom stereocenters. The van der Waals surface area contributed by atoms with Crippen LogP contribution in [-0.2, 0) is 36.9 Å². The van der Waals surface area contributed by atoms with Crippen LogP contribution in [-0.4, -0.2) is 62.1 Å². The normalized spacial score (nSPS) is 24.6. The number of imide groups is 2. The van der Waals surface area contributed by atoms with Crippen molar-refractivity contribution in [3.63, 3.8) is 0 Å². The Bertz CT molecular complexity index is 2670. The molecule has 4 amide bonds. The molecule has 12 nitrogen and oxygen atoms in total. The third-order valence-electron chi connectivity index (χ3n) is 11.8. The lowest BCUT2D eigenvalue weighted by molar-refractivity contribution is -0.274. The van der Waals surface area contributed by atoms with Crippen LogP contribution in [0.25, 0.3) is 0 Å². The minimum atomic E-state index is -5.27. The number of pyridine rings is 2. The number of carbonyl (C=O) groups excluding carboxylic acids is 4. The minimum Gasteiger partial charge on any atom is -0.508 e. The number of phenols is 1. The number of fused-ring (bicyclic) bond motifs is 4. The van der Waals surface area contributed by atoms with Gasteiger partial charge in [-0.2, -0.15) is 36.4 Å². The Morgan fingerprint density at radius 3 is 2.16 bits per heavy atom. The van der Waals surface area contributed by atoms with E-state index in [0.29, 0.717) is 28.3 Å². The quantitative estimate of drug-likeness (QED) is 0.105. The number of nitrogens with one attached hydrogen (secondary N) is 1. The van der Waals surface area contributed by atoms with Crippen molar-refractivity contribution in [1.29, 1.82) is 0 Å².